The second kappa shape index (κ2) is 11.2. The monoisotopic (exact) mass is 439 g/mol. The highest BCUT2D eigenvalue weighted by Gasteiger charge is 2.21. The van der Waals surface area contributed by atoms with Crippen LogP contribution in [0.25, 0.3) is 0 Å². The summed E-state index contributed by atoms with van der Waals surface area (Å²) >= 11 is 0. The topological polar surface area (TPSA) is 79.3 Å². The zero-order valence-electron chi connectivity index (χ0n) is 19.9. The van der Waals surface area contributed by atoms with Gasteiger partial charge in [-0.2, -0.15) is 5.10 Å². The van der Waals surface area contributed by atoms with Crippen molar-refractivity contribution in [1.82, 2.24) is 15.1 Å². The Balaban J connectivity index is 1.60. The summed E-state index contributed by atoms with van der Waals surface area (Å²) in [7, 11) is 1.91. The van der Waals surface area contributed by atoms with Crippen molar-refractivity contribution in [3.05, 3.63) is 41.2 Å². The van der Waals surface area contributed by atoms with Crippen molar-refractivity contribution < 1.29 is 9.59 Å². The first-order valence-corrected chi connectivity index (χ1v) is 11.8. The zero-order valence-corrected chi connectivity index (χ0v) is 19.9. The molecule has 32 heavy (non-hydrogen) atoms. The van der Waals surface area contributed by atoms with Gasteiger partial charge in [-0.05, 0) is 63.3 Å². The number of carbonyl (C=O) groups is 2. The van der Waals surface area contributed by atoms with E-state index in [9.17, 15) is 9.59 Å². The van der Waals surface area contributed by atoms with Crippen LogP contribution >= 0.6 is 0 Å². The number of nitrogens with one attached hydrogen (secondary N) is 2. The largest absolute Gasteiger partial charge is 0.371 e. The van der Waals surface area contributed by atoms with Crippen molar-refractivity contribution in [1.29, 1.82) is 0 Å². The lowest BCUT2D eigenvalue weighted by atomic mass is 10.1. The van der Waals surface area contributed by atoms with E-state index in [1.54, 1.807) is 0 Å². The van der Waals surface area contributed by atoms with Gasteiger partial charge in [0.1, 0.15) is 6.04 Å². The van der Waals surface area contributed by atoms with Gasteiger partial charge in [0.05, 0.1) is 5.69 Å². The smallest absolute Gasteiger partial charge is 0.246 e. The molecule has 2 N–H and O–H groups in total. The first-order chi connectivity index (χ1) is 15.4. The highest BCUT2D eigenvalue weighted by Crippen LogP contribution is 2.23. The van der Waals surface area contributed by atoms with Gasteiger partial charge in [0.25, 0.3) is 0 Å². The van der Waals surface area contributed by atoms with Gasteiger partial charge in [-0.25, -0.2) is 0 Å². The minimum atomic E-state index is -0.533. The maximum atomic E-state index is 13.0. The van der Waals surface area contributed by atoms with E-state index in [0.29, 0.717) is 19.3 Å². The zero-order chi connectivity index (χ0) is 23.1. The quantitative estimate of drug-likeness (QED) is 0.589. The van der Waals surface area contributed by atoms with Gasteiger partial charge in [-0.3, -0.25) is 14.3 Å². The number of rotatable bonds is 10. The first-order valence-electron chi connectivity index (χ1n) is 11.8. The Hall–Kier alpha value is -2.83. The van der Waals surface area contributed by atoms with Gasteiger partial charge in [0, 0.05) is 43.6 Å². The molecule has 2 heterocycles. The van der Waals surface area contributed by atoms with Crippen LogP contribution < -0.4 is 15.5 Å². The number of hydrogen-bond acceptors (Lipinski definition) is 4. The average Bonchev–Trinajstić information content (AvgIpc) is 3.39. The summed E-state index contributed by atoms with van der Waals surface area (Å²) in [6, 6.07) is 7.45. The van der Waals surface area contributed by atoms with E-state index >= 15 is 0 Å². The Bertz CT molecular complexity index is 930. The molecular weight excluding hydrogens is 402 g/mol. The van der Waals surface area contributed by atoms with Crippen molar-refractivity contribution in [3.63, 3.8) is 0 Å². The fourth-order valence-electron chi connectivity index (χ4n) is 4.35. The maximum absolute atomic E-state index is 13.0. The molecule has 7 heteroatoms. The number of aromatic nitrogens is 2. The molecular formula is C25H37N5O2. The van der Waals surface area contributed by atoms with Crippen LogP contribution in [-0.4, -0.2) is 40.7 Å². The molecule has 0 saturated carbocycles. The number of hydrogen-bond donors (Lipinski definition) is 2. The normalized spacial score (nSPS) is 14.4. The van der Waals surface area contributed by atoms with Crippen molar-refractivity contribution >= 4 is 23.2 Å². The average molecular weight is 440 g/mol. The van der Waals surface area contributed by atoms with Crippen LogP contribution in [0.15, 0.2) is 24.3 Å². The van der Waals surface area contributed by atoms with Gasteiger partial charge in [0.15, 0.2) is 0 Å². The summed E-state index contributed by atoms with van der Waals surface area (Å²) in [5.74, 6) is -0.256. The van der Waals surface area contributed by atoms with E-state index in [0.717, 1.165) is 54.3 Å². The van der Waals surface area contributed by atoms with E-state index in [1.807, 2.05) is 43.8 Å². The molecule has 1 aromatic heterocycles. The van der Waals surface area contributed by atoms with Crippen LogP contribution in [0.1, 0.15) is 62.4 Å². The third-order valence-corrected chi connectivity index (χ3v) is 6.34. The minimum absolute atomic E-state index is 0.102. The summed E-state index contributed by atoms with van der Waals surface area (Å²) in [4.78, 5) is 28.0. The fourth-order valence-corrected chi connectivity index (χ4v) is 4.35. The van der Waals surface area contributed by atoms with Crippen LogP contribution in [0, 0.1) is 13.8 Å². The first kappa shape index (κ1) is 23.8. The molecule has 174 valence electrons. The number of carbonyl (C=O) groups excluding carboxylic acids is 2. The second-order valence-corrected chi connectivity index (χ2v) is 8.77. The Kier molecular flexibility index (Phi) is 8.31. The van der Waals surface area contributed by atoms with Crippen molar-refractivity contribution in [2.75, 3.05) is 23.3 Å². The van der Waals surface area contributed by atoms with E-state index in [-0.39, 0.29) is 11.8 Å². The summed E-state index contributed by atoms with van der Waals surface area (Å²) < 4.78 is 1.84. The number of aryl methyl sites for hydroxylation is 2. The van der Waals surface area contributed by atoms with E-state index < -0.39 is 6.04 Å². The molecule has 0 bridgehead atoms. The number of unbranched alkanes of at least 4 members (excludes halogenated alkanes) is 1. The summed E-state index contributed by atoms with van der Waals surface area (Å²) in [6.45, 7) is 8.18. The molecule has 3 rings (SSSR count). The molecule has 7 nitrogen and oxygen atoms in total. The summed E-state index contributed by atoms with van der Waals surface area (Å²) in [5.41, 5.74) is 5.05. The molecule has 1 aromatic carbocycles. The number of nitrogens with zero attached hydrogens (tertiary/aromatic N) is 3. The molecule has 1 fully saturated rings. The van der Waals surface area contributed by atoms with Crippen LogP contribution in [0.3, 0.4) is 0 Å². The van der Waals surface area contributed by atoms with Crippen LogP contribution in [0.4, 0.5) is 11.4 Å². The lowest BCUT2D eigenvalue weighted by Gasteiger charge is -2.21. The van der Waals surface area contributed by atoms with Gasteiger partial charge in [-0.15, -0.1) is 0 Å². The molecule has 0 radical (unpaired) electrons. The van der Waals surface area contributed by atoms with Crippen molar-refractivity contribution in [2.45, 2.75) is 71.8 Å². The minimum Gasteiger partial charge on any atom is -0.371 e. The highest BCUT2D eigenvalue weighted by molar-refractivity contribution is 5.97. The Morgan fingerprint density at radius 3 is 2.59 bits per heavy atom. The van der Waals surface area contributed by atoms with E-state index in [1.165, 1.54) is 12.8 Å². The predicted octanol–water partition coefficient (Wildman–Crippen LogP) is 3.88. The Morgan fingerprint density at radius 1 is 1.19 bits per heavy atom. The molecule has 2 amide bonds. The number of benzene rings is 1. The second-order valence-electron chi connectivity index (χ2n) is 8.77. The summed E-state index contributed by atoms with van der Waals surface area (Å²) in [6.07, 6.45) is 5.86. The molecule has 1 aliphatic heterocycles. The van der Waals surface area contributed by atoms with E-state index in [2.05, 4.69) is 33.6 Å². The van der Waals surface area contributed by atoms with Crippen LogP contribution in [0.5, 0.6) is 0 Å². The van der Waals surface area contributed by atoms with Crippen LogP contribution in [-0.2, 0) is 23.1 Å². The fraction of sp³-hybridized carbons (Fsp3) is 0.560. The predicted molar refractivity (Wildman–Crippen MR) is 129 cm³/mol. The highest BCUT2D eigenvalue weighted by atomic mass is 16.2. The Morgan fingerprint density at radius 2 is 1.94 bits per heavy atom. The van der Waals surface area contributed by atoms with Crippen molar-refractivity contribution in [2.24, 2.45) is 7.05 Å². The molecule has 1 atom stereocenters. The molecule has 0 aliphatic carbocycles. The van der Waals surface area contributed by atoms with Gasteiger partial charge in [-0.1, -0.05) is 25.8 Å². The standard InChI is InChI=1S/C25H37N5O2/c1-5-6-12-23(27-24(31)14-13-22-18(2)28-29(4)19(22)3)25(32)26-20-10-9-11-21(17-20)30-15-7-8-16-30/h9-11,17,23H,5-8,12-16H2,1-4H3,(H,26,32)(H,27,31). The molecule has 1 aliphatic rings. The Labute approximate surface area is 191 Å². The van der Waals surface area contributed by atoms with Gasteiger partial charge < -0.3 is 15.5 Å². The van der Waals surface area contributed by atoms with Gasteiger partial charge >= 0.3 is 0 Å². The van der Waals surface area contributed by atoms with Crippen LogP contribution in [0.2, 0.25) is 0 Å². The molecule has 0 spiro atoms. The van der Waals surface area contributed by atoms with E-state index in [4.69, 9.17) is 0 Å². The lowest BCUT2D eigenvalue weighted by Crippen LogP contribution is -2.43. The SMILES string of the molecule is CCCCC(NC(=O)CCc1c(C)nn(C)c1C)C(=O)Nc1cccc(N2CCCC2)c1. The molecule has 1 saturated heterocycles. The maximum Gasteiger partial charge on any atom is 0.246 e. The molecule has 2 aromatic rings. The molecule has 1 unspecified atom stereocenters. The third-order valence-electron chi connectivity index (χ3n) is 6.34. The number of anilines is 2. The van der Waals surface area contributed by atoms with Gasteiger partial charge in [0.2, 0.25) is 11.8 Å². The van der Waals surface area contributed by atoms with Crippen molar-refractivity contribution in [3.8, 4) is 0 Å². The lowest BCUT2D eigenvalue weighted by molar-refractivity contribution is -0.126. The summed E-state index contributed by atoms with van der Waals surface area (Å²) in [5, 5.41) is 10.4. The number of amides is 2. The third kappa shape index (κ3) is 6.11.